The molecule has 1 aliphatic heterocycles. The number of hydrogen-bond acceptors (Lipinski definition) is 2. The second kappa shape index (κ2) is 11.6. The third-order valence-electron chi connectivity index (χ3n) is 6.05. The van der Waals surface area contributed by atoms with Gasteiger partial charge < -0.3 is 9.80 Å². The summed E-state index contributed by atoms with van der Waals surface area (Å²) in [6.07, 6.45) is 8.29. The first-order valence-electron chi connectivity index (χ1n) is 11.0. The molecule has 26 heavy (non-hydrogen) atoms. The molecule has 4 atom stereocenters. The van der Waals surface area contributed by atoms with E-state index >= 15 is 0 Å². The van der Waals surface area contributed by atoms with E-state index < -0.39 is 0 Å². The minimum atomic E-state index is 0.113. The van der Waals surface area contributed by atoms with Gasteiger partial charge in [-0.05, 0) is 39.5 Å². The second-order valence-corrected chi connectivity index (χ2v) is 8.17. The zero-order valence-electron chi connectivity index (χ0n) is 18.1. The number of hydrogen-bond donors (Lipinski definition) is 0. The smallest absolute Gasteiger partial charge is 0.226 e. The molecule has 1 fully saturated rings. The molecular formula is C22H42N2O2. The predicted octanol–water partition coefficient (Wildman–Crippen LogP) is 4.87. The van der Waals surface area contributed by atoms with Gasteiger partial charge in [-0.15, -0.1) is 0 Å². The van der Waals surface area contributed by atoms with Gasteiger partial charge in [-0.2, -0.15) is 0 Å². The SMILES string of the molecule is CCCCC(CC)C(=O)N1CC(C)N(C(=O)C(CC)CCCC)CC1C. The lowest BCUT2D eigenvalue weighted by molar-refractivity contribution is -0.151. The van der Waals surface area contributed by atoms with Crippen LogP contribution in [0.15, 0.2) is 0 Å². The van der Waals surface area contributed by atoms with Gasteiger partial charge >= 0.3 is 0 Å². The lowest BCUT2D eigenvalue weighted by Gasteiger charge is -2.46. The molecule has 4 nitrogen and oxygen atoms in total. The van der Waals surface area contributed by atoms with Crippen LogP contribution < -0.4 is 0 Å². The third-order valence-corrected chi connectivity index (χ3v) is 6.05. The lowest BCUT2D eigenvalue weighted by Crippen LogP contribution is -2.61. The Hall–Kier alpha value is -1.06. The lowest BCUT2D eigenvalue weighted by atomic mass is 9.94. The first-order valence-corrected chi connectivity index (χ1v) is 11.0. The average molecular weight is 367 g/mol. The Morgan fingerprint density at radius 1 is 0.769 bits per heavy atom. The highest BCUT2D eigenvalue weighted by Gasteiger charge is 2.37. The molecule has 0 aromatic rings. The molecule has 0 aromatic heterocycles. The number of carbonyl (C=O) groups excluding carboxylic acids is 2. The summed E-state index contributed by atoms with van der Waals surface area (Å²) in [4.78, 5) is 30.1. The van der Waals surface area contributed by atoms with E-state index in [-0.39, 0.29) is 23.9 Å². The van der Waals surface area contributed by atoms with Crippen molar-refractivity contribution in [1.82, 2.24) is 9.80 Å². The van der Waals surface area contributed by atoms with Crippen LogP contribution in [0.25, 0.3) is 0 Å². The van der Waals surface area contributed by atoms with Crippen LogP contribution in [-0.4, -0.2) is 46.8 Å². The summed E-state index contributed by atoms with van der Waals surface area (Å²) >= 11 is 0. The summed E-state index contributed by atoms with van der Waals surface area (Å²) < 4.78 is 0. The van der Waals surface area contributed by atoms with E-state index in [0.29, 0.717) is 24.9 Å². The van der Waals surface area contributed by atoms with E-state index in [2.05, 4.69) is 41.5 Å². The van der Waals surface area contributed by atoms with Crippen molar-refractivity contribution in [1.29, 1.82) is 0 Å². The van der Waals surface area contributed by atoms with Crippen LogP contribution in [0.4, 0.5) is 0 Å². The Morgan fingerprint density at radius 2 is 1.12 bits per heavy atom. The number of rotatable bonds is 10. The van der Waals surface area contributed by atoms with Gasteiger partial charge in [0.2, 0.25) is 11.8 Å². The van der Waals surface area contributed by atoms with Crippen molar-refractivity contribution in [2.24, 2.45) is 11.8 Å². The Labute approximate surface area is 161 Å². The van der Waals surface area contributed by atoms with Crippen molar-refractivity contribution in [3.63, 3.8) is 0 Å². The maximum atomic E-state index is 13.0. The summed E-state index contributed by atoms with van der Waals surface area (Å²) in [6, 6.07) is 0.226. The minimum absolute atomic E-state index is 0.113. The average Bonchev–Trinajstić information content (AvgIpc) is 2.64. The fourth-order valence-electron chi connectivity index (χ4n) is 4.12. The van der Waals surface area contributed by atoms with Gasteiger partial charge in [0.05, 0.1) is 0 Å². The largest absolute Gasteiger partial charge is 0.336 e. The van der Waals surface area contributed by atoms with E-state index in [0.717, 1.165) is 51.4 Å². The van der Waals surface area contributed by atoms with Crippen molar-refractivity contribution < 1.29 is 9.59 Å². The summed E-state index contributed by atoms with van der Waals surface area (Å²) in [6.45, 7) is 14.1. The highest BCUT2D eigenvalue weighted by molar-refractivity contribution is 5.81. The van der Waals surface area contributed by atoms with Gasteiger partial charge in [0.1, 0.15) is 0 Å². The van der Waals surface area contributed by atoms with Crippen LogP contribution in [0.5, 0.6) is 0 Å². The summed E-state index contributed by atoms with van der Waals surface area (Å²) in [5.41, 5.74) is 0. The standard InChI is InChI=1S/C22H42N2O2/c1-7-11-13-19(9-3)21(25)23-15-18(6)24(16-17(23)5)22(26)20(10-4)14-12-8-2/h17-20H,7-16H2,1-6H3. The predicted molar refractivity (Wildman–Crippen MR) is 109 cm³/mol. The van der Waals surface area contributed by atoms with Crippen molar-refractivity contribution in [3.8, 4) is 0 Å². The highest BCUT2D eigenvalue weighted by Crippen LogP contribution is 2.25. The molecule has 152 valence electrons. The Balaban J connectivity index is 2.76. The first kappa shape index (κ1) is 23.0. The molecule has 1 heterocycles. The van der Waals surface area contributed by atoms with Crippen LogP contribution >= 0.6 is 0 Å². The molecule has 0 bridgehead atoms. The van der Waals surface area contributed by atoms with E-state index in [1.165, 1.54) is 0 Å². The molecule has 0 saturated carbocycles. The van der Waals surface area contributed by atoms with Gasteiger partial charge in [-0.1, -0.05) is 53.4 Å². The monoisotopic (exact) mass is 366 g/mol. The number of nitrogens with zero attached hydrogens (tertiary/aromatic N) is 2. The molecule has 0 aliphatic carbocycles. The van der Waals surface area contributed by atoms with E-state index in [1.54, 1.807) is 0 Å². The molecule has 0 N–H and O–H groups in total. The maximum absolute atomic E-state index is 13.0. The molecule has 2 amide bonds. The Kier molecular flexibility index (Phi) is 10.3. The molecular weight excluding hydrogens is 324 g/mol. The van der Waals surface area contributed by atoms with Gasteiger partial charge in [0, 0.05) is 37.0 Å². The summed E-state index contributed by atoms with van der Waals surface area (Å²) in [5, 5.41) is 0. The normalized spacial score (nSPS) is 23.0. The molecule has 0 spiro atoms. The van der Waals surface area contributed by atoms with E-state index in [1.807, 2.05) is 9.80 Å². The molecule has 0 aromatic carbocycles. The van der Waals surface area contributed by atoms with Crippen LogP contribution in [0.1, 0.15) is 92.9 Å². The van der Waals surface area contributed by atoms with Gasteiger partial charge in [0.15, 0.2) is 0 Å². The van der Waals surface area contributed by atoms with Crippen molar-refractivity contribution in [2.75, 3.05) is 13.1 Å². The van der Waals surface area contributed by atoms with Crippen molar-refractivity contribution in [3.05, 3.63) is 0 Å². The number of unbranched alkanes of at least 4 members (excludes halogenated alkanes) is 2. The maximum Gasteiger partial charge on any atom is 0.226 e. The van der Waals surface area contributed by atoms with Gasteiger partial charge in [-0.3, -0.25) is 9.59 Å². The molecule has 1 rings (SSSR count). The third kappa shape index (κ3) is 5.99. The number of carbonyl (C=O) groups is 2. The van der Waals surface area contributed by atoms with Crippen LogP contribution in [-0.2, 0) is 9.59 Å². The zero-order valence-corrected chi connectivity index (χ0v) is 18.1. The molecule has 0 radical (unpaired) electrons. The summed E-state index contributed by atoms with van der Waals surface area (Å²) in [7, 11) is 0. The molecule has 1 aliphatic rings. The topological polar surface area (TPSA) is 40.6 Å². The molecule has 1 saturated heterocycles. The van der Waals surface area contributed by atoms with Crippen LogP contribution in [0, 0.1) is 11.8 Å². The zero-order chi connectivity index (χ0) is 19.7. The van der Waals surface area contributed by atoms with E-state index in [9.17, 15) is 9.59 Å². The highest BCUT2D eigenvalue weighted by atomic mass is 16.2. The van der Waals surface area contributed by atoms with E-state index in [4.69, 9.17) is 0 Å². The number of piperazine rings is 1. The first-order chi connectivity index (χ1) is 12.4. The van der Waals surface area contributed by atoms with Crippen LogP contribution in [0.3, 0.4) is 0 Å². The minimum Gasteiger partial charge on any atom is -0.336 e. The van der Waals surface area contributed by atoms with Gasteiger partial charge in [0.25, 0.3) is 0 Å². The molecule has 4 heteroatoms. The fourth-order valence-corrected chi connectivity index (χ4v) is 4.12. The summed E-state index contributed by atoms with van der Waals surface area (Å²) in [5.74, 6) is 0.871. The van der Waals surface area contributed by atoms with Crippen molar-refractivity contribution in [2.45, 2.75) is 105 Å². The fraction of sp³-hybridized carbons (Fsp3) is 0.909. The van der Waals surface area contributed by atoms with Gasteiger partial charge in [-0.25, -0.2) is 0 Å². The number of amides is 2. The molecule has 4 unspecified atom stereocenters. The Morgan fingerprint density at radius 3 is 1.38 bits per heavy atom. The quantitative estimate of drug-likeness (QED) is 0.553. The van der Waals surface area contributed by atoms with Crippen molar-refractivity contribution >= 4 is 11.8 Å². The second-order valence-electron chi connectivity index (χ2n) is 8.17. The van der Waals surface area contributed by atoms with Crippen LogP contribution in [0.2, 0.25) is 0 Å². The Bertz CT molecular complexity index is 398.